The van der Waals surface area contributed by atoms with Crippen molar-refractivity contribution in [2.75, 3.05) is 6.54 Å². The molecule has 0 aromatic heterocycles. The Labute approximate surface area is 132 Å². The van der Waals surface area contributed by atoms with Gasteiger partial charge in [0.2, 0.25) is 0 Å². The van der Waals surface area contributed by atoms with Crippen LogP contribution in [0.3, 0.4) is 0 Å². The van der Waals surface area contributed by atoms with Crippen molar-refractivity contribution in [1.82, 2.24) is 5.32 Å². The van der Waals surface area contributed by atoms with Gasteiger partial charge in [0.05, 0.1) is 12.2 Å². The Balaban J connectivity index is 1.72. The number of carbonyl (C=O) groups is 1. The fourth-order valence-corrected chi connectivity index (χ4v) is 3.13. The fraction of sp³-hybridized carbons (Fsp3) is 0.611. The highest BCUT2D eigenvalue weighted by molar-refractivity contribution is 5.81. The molecule has 1 aliphatic rings. The Morgan fingerprint density at radius 3 is 2.73 bits per heavy atom. The number of hydrogen-bond acceptors (Lipinski definition) is 4. The predicted octanol–water partition coefficient (Wildman–Crippen LogP) is 2.21. The van der Waals surface area contributed by atoms with Gasteiger partial charge in [-0.15, -0.1) is 0 Å². The third-order valence-corrected chi connectivity index (χ3v) is 4.55. The molecular formula is C18H27NO3. The number of aliphatic hydroxyl groups is 2. The van der Waals surface area contributed by atoms with Crippen LogP contribution in [0.25, 0.3) is 0 Å². The highest BCUT2D eigenvalue weighted by Gasteiger charge is 2.25. The van der Waals surface area contributed by atoms with Crippen LogP contribution in [0, 0.1) is 5.92 Å². The summed E-state index contributed by atoms with van der Waals surface area (Å²) in [7, 11) is 0. The molecule has 0 unspecified atom stereocenters. The van der Waals surface area contributed by atoms with E-state index >= 15 is 0 Å². The molecule has 0 bridgehead atoms. The van der Waals surface area contributed by atoms with Crippen molar-refractivity contribution in [2.24, 2.45) is 5.92 Å². The summed E-state index contributed by atoms with van der Waals surface area (Å²) in [4.78, 5) is 12.2. The topological polar surface area (TPSA) is 69.6 Å². The van der Waals surface area contributed by atoms with Gasteiger partial charge in [-0.2, -0.15) is 0 Å². The molecule has 1 saturated carbocycles. The molecule has 2 rings (SSSR count). The number of aliphatic hydroxyl groups excluding tert-OH is 2. The Morgan fingerprint density at radius 2 is 2.05 bits per heavy atom. The molecule has 1 aromatic rings. The molecule has 4 heteroatoms. The summed E-state index contributed by atoms with van der Waals surface area (Å²) in [6.07, 6.45) is 2.85. The molecule has 4 atom stereocenters. The quantitative estimate of drug-likeness (QED) is 0.722. The van der Waals surface area contributed by atoms with E-state index in [1.54, 1.807) is 0 Å². The van der Waals surface area contributed by atoms with E-state index in [0.29, 0.717) is 19.4 Å². The van der Waals surface area contributed by atoms with Crippen molar-refractivity contribution in [3.63, 3.8) is 0 Å². The minimum absolute atomic E-state index is 0.0138. The van der Waals surface area contributed by atoms with E-state index < -0.39 is 6.10 Å². The van der Waals surface area contributed by atoms with Gasteiger partial charge in [-0.1, -0.05) is 36.8 Å². The third kappa shape index (κ3) is 4.90. The van der Waals surface area contributed by atoms with Crippen LogP contribution in [0.1, 0.15) is 50.7 Å². The lowest BCUT2D eigenvalue weighted by atomic mass is 9.83. The minimum Gasteiger partial charge on any atom is -0.393 e. The highest BCUT2D eigenvalue weighted by Crippen LogP contribution is 2.25. The Morgan fingerprint density at radius 1 is 1.32 bits per heavy atom. The molecule has 4 nitrogen and oxygen atoms in total. The number of benzene rings is 1. The number of carbonyl (C=O) groups excluding carboxylic acids is 1. The zero-order valence-corrected chi connectivity index (χ0v) is 13.2. The van der Waals surface area contributed by atoms with E-state index in [9.17, 15) is 15.0 Å². The van der Waals surface area contributed by atoms with Gasteiger partial charge in [-0.05, 0) is 31.7 Å². The van der Waals surface area contributed by atoms with Gasteiger partial charge >= 0.3 is 0 Å². The second kappa shape index (κ2) is 8.42. The molecule has 0 spiro atoms. The first-order valence-electron chi connectivity index (χ1n) is 8.25. The lowest BCUT2D eigenvalue weighted by Gasteiger charge is -2.25. The first kappa shape index (κ1) is 17.1. The van der Waals surface area contributed by atoms with E-state index in [1.165, 1.54) is 0 Å². The molecule has 0 heterocycles. The molecule has 1 aromatic carbocycles. The van der Waals surface area contributed by atoms with Gasteiger partial charge in [0.1, 0.15) is 5.78 Å². The van der Waals surface area contributed by atoms with Crippen molar-refractivity contribution in [3.05, 3.63) is 35.9 Å². The number of nitrogens with one attached hydrogen (secondary N) is 1. The van der Waals surface area contributed by atoms with Crippen LogP contribution in [-0.4, -0.2) is 34.7 Å². The van der Waals surface area contributed by atoms with Crippen molar-refractivity contribution < 1.29 is 15.0 Å². The molecule has 22 heavy (non-hydrogen) atoms. The average molecular weight is 305 g/mol. The van der Waals surface area contributed by atoms with Gasteiger partial charge in [0, 0.05) is 24.9 Å². The van der Waals surface area contributed by atoms with Crippen LogP contribution in [0.15, 0.2) is 30.3 Å². The predicted molar refractivity (Wildman–Crippen MR) is 86.5 cm³/mol. The largest absolute Gasteiger partial charge is 0.393 e. The molecule has 0 radical (unpaired) electrons. The number of hydrogen-bond donors (Lipinski definition) is 3. The Kier molecular flexibility index (Phi) is 6.55. The minimum atomic E-state index is -0.576. The second-order valence-corrected chi connectivity index (χ2v) is 6.33. The SMILES string of the molecule is C[C@H](NCCC(=O)[C@@H]1CCC[C@H](O)C1)[C@H](O)c1ccccc1. The third-order valence-electron chi connectivity index (χ3n) is 4.55. The van der Waals surface area contributed by atoms with Gasteiger partial charge in [-0.25, -0.2) is 0 Å². The average Bonchev–Trinajstić information content (AvgIpc) is 2.54. The molecule has 0 amide bonds. The van der Waals surface area contributed by atoms with E-state index in [0.717, 1.165) is 24.8 Å². The first-order valence-corrected chi connectivity index (χ1v) is 8.25. The maximum atomic E-state index is 12.2. The number of Topliss-reactive ketones (excluding diaryl/α,β-unsaturated/α-hetero) is 1. The van der Waals surface area contributed by atoms with Crippen LogP contribution in [0.4, 0.5) is 0 Å². The van der Waals surface area contributed by atoms with Gasteiger partial charge in [0.15, 0.2) is 0 Å². The van der Waals surface area contributed by atoms with Gasteiger partial charge < -0.3 is 15.5 Å². The van der Waals surface area contributed by atoms with Gasteiger partial charge in [0.25, 0.3) is 0 Å². The second-order valence-electron chi connectivity index (χ2n) is 6.33. The van der Waals surface area contributed by atoms with E-state index in [1.807, 2.05) is 37.3 Å². The van der Waals surface area contributed by atoms with Crippen molar-refractivity contribution in [2.45, 2.75) is 57.3 Å². The van der Waals surface area contributed by atoms with E-state index in [2.05, 4.69) is 5.32 Å². The van der Waals surface area contributed by atoms with E-state index in [4.69, 9.17) is 0 Å². The van der Waals surface area contributed by atoms with Crippen molar-refractivity contribution >= 4 is 5.78 Å². The van der Waals surface area contributed by atoms with Gasteiger partial charge in [-0.3, -0.25) is 4.79 Å². The summed E-state index contributed by atoms with van der Waals surface area (Å²) < 4.78 is 0. The lowest BCUT2D eigenvalue weighted by Crippen LogP contribution is -2.35. The van der Waals surface area contributed by atoms with Crippen LogP contribution < -0.4 is 5.32 Å². The summed E-state index contributed by atoms with van der Waals surface area (Å²) in [5.41, 5.74) is 0.879. The Bertz CT molecular complexity index is 463. The van der Waals surface area contributed by atoms with E-state index in [-0.39, 0.29) is 23.8 Å². The maximum Gasteiger partial charge on any atom is 0.137 e. The normalized spacial score (nSPS) is 24.7. The molecule has 0 aliphatic heterocycles. The van der Waals surface area contributed by atoms with Crippen molar-refractivity contribution in [3.8, 4) is 0 Å². The summed E-state index contributed by atoms with van der Waals surface area (Å²) >= 11 is 0. The van der Waals surface area contributed by atoms with Crippen LogP contribution in [-0.2, 0) is 4.79 Å². The summed E-state index contributed by atoms with van der Waals surface area (Å²) in [6, 6.07) is 9.43. The maximum absolute atomic E-state index is 12.2. The number of rotatable bonds is 7. The fourth-order valence-electron chi connectivity index (χ4n) is 3.13. The van der Waals surface area contributed by atoms with Crippen molar-refractivity contribution in [1.29, 1.82) is 0 Å². The molecule has 1 fully saturated rings. The van der Waals surface area contributed by atoms with Crippen LogP contribution in [0.2, 0.25) is 0 Å². The Hall–Kier alpha value is -1.23. The molecular weight excluding hydrogens is 278 g/mol. The zero-order chi connectivity index (χ0) is 15.9. The monoisotopic (exact) mass is 305 g/mol. The molecule has 1 aliphatic carbocycles. The highest BCUT2D eigenvalue weighted by atomic mass is 16.3. The summed E-state index contributed by atoms with van der Waals surface area (Å²) in [5, 5.41) is 23.1. The summed E-state index contributed by atoms with van der Waals surface area (Å²) in [6.45, 7) is 2.49. The smallest absolute Gasteiger partial charge is 0.137 e. The van der Waals surface area contributed by atoms with Crippen LogP contribution >= 0.6 is 0 Å². The standard InChI is InChI=1S/C18H27NO3/c1-13(18(22)14-6-3-2-4-7-14)19-11-10-17(21)15-8-5-9-16(20)12-15/h2-4,6-7,13,15-16,18-20,22H,5,8-12H2,1H3/t13-,15+,16-,18-/m0/s1. The lowest BCUT2D eigenvalue weighted by molar-refractivity contribution is -0.125. The zero-order valence-electron chi connectivity index (χ0n) is 13.2. The molecule has 3 N–H and O–H groups in total. The molecule has 0 saturated heterocycles. The van der Waals surface area contributed by atoms with Crippen LogP contribution in [0.5, 0.6) is 0 Å². The molecule has 122 valence electrons. The number of ketones is 1. The first-order chi connectivity index (χ1) is 10.6. The summed E-state index contributed by atoms with van der Waals surface area (Å²) in [5.74, 6) is 0.243.